The van der Waals surface area contributed by atoms with Gasteiger partial charge in [0, 0.05) is 150 Å². The van der Waals surface area contributed by atoms with Crippen LogP contribution in [0.15, 0.2) is 78.9 Å². The minimum atomic E-state index is 0.784. The molecule has 0 amide bonds. The molecule has 88 heavy (non-hydrogen) atoms. The summed E-state index contributed by atoms with van der Waals surface area (Å²) in [7, 11) is 5.21. The van der Waals surface area contributed by atoms with Crippen LogP contribution in [0.2, 0.25) is 15.1 Å². The van der Waals surface area contributed by atoms with Crippen molar-refractivity contribution in [3.63, 3.8) is 0 Å². The molecule has 11 nitrogen and oxygen atoms in total. The lowest BCUT2D eigenvalue weighted by Gasteiger charge is -2.44. The zero-order chi connectivity index (χ0) is 60.3. The highest BCUT2D eigenvalue weighted by Gasteiger charge is 2.45. The second kappa shape index (κ2) is 29.0. The van der Waals surface area contributed by atoms with Crippen molar-refractivity contribution >= 4 is 57.6 Å². The first-order valence-electron chi connectivity index (χ1n) is 35.0. The maximum atomic E-state index is 6.19. The highest BCUT2D eigenvalue weighted by atomic mass is 35.5. The lowest BCUT2D eigenvalue weighted by molar-refractivity contribution is 0.103. The van der Waals surface area contributed by atoms with Crippen molar-refractivity contribution in [2.75, 3.05) is 146 Å². The van der Waals surface area contributed by atoms with Gasteiger partial charge in [-0.2, -0.15) is 0 Å². The molecule has 12 fully saturated rings. The van der Waals surface area contributed by atoms with E-state index in [1.54, 1.807) is 21.3 Å². The van der Waals surface area contributed by atoms with E-state index in [0.29, 0.717) is 0 Å². The van der Waals surface area contributed by atoms with Crippen LogP contribution < -0.4 is 33.8 Å². The zero-order valence-electron chi connectivity index (χ0n) is 53.9. The van der Waals surface area contributed by atoms with Crippen molar-refractivity contribution in [2.24, 2.45) is 47.3 Å². The van der Waals surface area contributed by atoms with Gasteiger partial charge in [0.15, 0.2) is 0 Å². The quantitative estimate of drug-likeness (QED) is 0.144. The lowest BCUT2D eigenvalue weighted by atomic mass is 9.84. The number of halogens is 3. The van der Waals surface area contributed by atoms with Crippen LogP contribution in [-0.2, 0) is 0 Å². The molecule has 16 rings (SSSR count). The zero-order valence-corrected chi connectivity index (χ0v) is 56.2. The molecule has 8 aliphatic carbocycles. The van der Waals surface area contributed by atoms with Crippen molar-refractivity contribution in [3.8, 4) is 17.2 Å². The molecule has 4 saturated heterocycles. The predicted molar refractivity (Wildman–Crippen MR) is 367 cm³/mol. The Morgan fingerprint density at radius 3 is 1.07 bits per heavy atom. The average Bonchev–Trinajstić information content (AvgIpc) is 4.11. The van der Waals surface area contributed by atoms with Gasteiger partial charge in [0.05, 0.1) is 38.4 Å². The monoisotopic (exact) mass is 1260 g/mol. The van der Waals surface area contributed by atoms with E-state index in [2.05, 4.69) is 70.4 Å². The molecule has 0 radical (unpaired) electrons. The van der Waals surface area contributed by atoms with Crippen LogP contribution in [0, 0.1) is 54.3 Å². The molecule has 480 valence electrons. The second-order valence-electron chi connectivity index (χ2n) is 29.1. The number of ether oxygens (including phenoxy) is 3. The van der Waals surface area contributed by atoms with Crippen LogP contribution in [-0.4, -0.2) is 170 Å². The molecular formula is C74H105Cl3N8O3. The molecule has 0 aromatic heterocycles. The summed E-state index contributed by atoms with van der Waals surface area (Å²) < 4.78 is 16.5. The number of benzene rings is 4. The van der Waals surface area contributed by atoms with E-state index in [1.807, 2.05) is 54.6 Å². The minimum absolute atomic E-state index is 0.784. The van der Waals surface area contributed by atoms with Crippen molar-refractivity contribution < 1.29 is 14.2 Å². The van der Waals surface area contributed by atoms with Crippen LogP contribution >= 0.6 is 34.8 Å². The summed E-state index contributed by atoms with van der Waals surface area (Å²) in [5.74, 6) is 11.0. The molecule has 4 aromatic rings. The molecule has 14 heteroatoms. The molecule has 4 heterocycles. The molecule has 4 aromatic carbocycles. The Balaban J connectivity index is 0.000000108. The first-order valence-corrected chi connectivity index (χ1v) is 36.2. The van der Waals surface area contributed by atoms with Gasteiger partial charge in [0.1, 0.15) is 17.2 Å². The number of piperazine rings is 4. The van der Waals surface area contributed by atoms with Gasteiger partial charge in [0.2, 0.25) is 0 Å². The van der Waals surface area contributed by atoms with Crippen LogP contribution in [0.1, 0.15) is 121 Å². The Kier molecular flexibility index (Phi) is 20.8. The SMILES string of the molecule is COc1ccc(Cl)cc1N1CCN(C2CC3CCC(C3)C2)CC1.COc1ccc(Cl)cc1N1CCN(C2C[C@@H]3CC[C@H]2C3)CC1.COc1ccc(Cl)cc1N1CCN(C2C[C@H]3CC[C@@H]2C3)CC1.Cc1ccccc1N1CCN(C2CCC3CCC2C3)CC1. The van der Waals surface area contributed by atoms with E-state index in [4.69, 9.17) is 49.0 Å². The highest BCUT2D eigenvalue weighted by molar-refractivity contribution is 6.31. The summed E-state index contributed by atoms with van der Waals surface area (Å²) >= 11 is 18.5. The fraction of sp³-hybridized carbons (Fsp3) is 0.676. The fourth-order valence-corrected chi connectivity index (χ4v) is 20.3. The van der Waals surface area contributed by atoms with Crippen molar-refractivity contribution in [1.29, 1.82) is 0 Å². The summed E-state index contributed by atoms with van der Waals surface area (Å²) in [6.07, 6.45) is 26.7. The molecule has 12 aliphatic rings. The largest absolute Gasteiger partial charge is 0.495 e. The highest BCUT2D eigenvalue weighted by Crippen LogP contribution is 2.50. The van der Waals surface area contributed by atoms with E-state index >= 15 is 0 Å². The molecular weight excluding hydrogens is 1160 g/mol. The van der Waals surface area contributed by atoms with Gasteiger partial charge in [-0.3, -0.25) is 19.6 Å². The van der Waals surface area contributed by atoms with Crippen molar-refractivity contribution in [2.45, 2.75) is 147 Å². The number of aryl methyl sites for hydroxylation is 1. The van der Waals surface area contributed by atoms with E-state index in [0.717, 1.165) is 160 Å². The number of hydrogen-bond acceptors (Lipinski definition) is 11. The third-order valence-corrected chi connectivity index (χ3v) is 25.0. The lowest BCUT2D eigenvalue weighted by Crippen LogP contribution is -2.53. The van der Waals surface area contributed by atoms with Gasteiger partial charge in [-0.1, -0.05) is 85.1 Å². The van der Waals surface area contributed by atoms with E-state index in [-0.39, 0.29) is 0 Å². The average molecular weight is 1260 g/mol. The normalized spacial score (nSPS) is 32.0. The third kappa shape index (κ3) is 14.5. The van der Waals surface area contributed by atoms with Crippen LogP contribution in [0.5, 0.6) is 17.2 Å². The maximum absolute atomic E-state index is 6.19. The van der Waals surface area contributed by atoms with E-state index < -0.39 is 0 Å². The van der Waals surface area contributed by atoms with Crippen molar-refractivity contribution in [1.82, 2.24) is 19.6 Å². The van der Waals surface area contributed by atoms with Gasteiger partial charge >= 0.3 is 0 Å². The number of hydrogen-bond donors (Lipinski definition) is 0. The number of anilines is 4. The topological polar surface area (TPSA) is 53.6 Å². The number of para-hydroxylation sites is 1. The van der Waals surface area contributed by atoms with Crippen LogP contribution in [0.25, 0.3) is 0 Å². The number of nitrogens with zero attached hydrogens (tertiary/aromatic N) is 8. The van der Waals surface area contributed by atoms with Crippen molar-refractivity contribution in [3.05, 3.63) is 99.5 Å². The van der Waals surface area contributed by atoms with Gasteiger partial charge < -0.3 is 33.8 Å². The fourth-order valence-electron chi connectivity index (χ4n) is 19.8. The first kappa shape index (κ1) is 63.0. The van der Waals surface area contributed by atoms with Gasteiger partial charge in [-0.25, -0.2) is 0 Å². The first-order chi connectivity index (χ1) is 43.0. The molecule has 4 aliphatic heterocycles. The smallest absolute Gasteiger partial charge is 0.142 e. The molecule has 7 unspecified atom stereocenters. The van der Waals surface area contributed by atoms with E-state index in [1.165, 1.54) is 192 Å². The number of fused-ring (bicyclic) bond motifs is 8. The summed E-state index contributed by atoms with van der Waals surface area (Å²) in [6.45, 7) is 20.6. The summed E-state index contributed by atoms with van der Waals surface area (Å²) in [5, 5.41) is 2.35. The molecule has 8 bridgehead atoms. The van der Waals surface area contributed by atoms with E-state index in [9.17, 15) is 0 Å². The van der Waals surface area contributed by atoms with Crippen LogP contribution in [0.3, 0.4) is 0 Å². The summed E-state index contributed by atoms with van der Waals surface area (Å²) in [5.41, 5.74) is 6.29. The number of methoxy groups -OCH3 is 3. The Bertz CT molecular complexity index is 2790. The maximum Gasteiger partial charge on any atom is 0.142 e. The molecule has 0 spiro atoms. The molecule has 11 atom stereocenters. The predicted octanol–water partition coefficient (Wildman–Crippen LogP) is 15.1. The Labute approximate surface area is 544 Å². The summed E-state index contributed by atoms with van der Waals surface area (Å²) in [4.78, 5) is 20.9. The van der Waals surface area contributed by atoms with Gasteiger partial charge in [-0.15, -0.1) is 0 Å². The van der Waals surface area contributed by atoms with Crippen LogP contribution in [0.4, 0.5) is 22.7 Å². The second-order valence-corrected chi connectivity index (χ2v) is 30.4. The number of rotatable bonds is 11. The Morgan fingerprint density at radius 1 is 0.318 bits per heavy atom. The summed E-state index contributed by atoms with van der Waals surface area (Å²) in [6, 6.07) is 30.0. The molecule has 0 N–H and O–H groups in total. The standard InChI is InChI=1S/C19H27ClN2O.C19H28N2.2C18H25ClN2O/c1-23-19-5-4-16(20)13-18(19)22-8-6-21(7-9-22)17-11-14-2-3-15(10-14)12-17;1-15-4-2-3-5-18(15)20-10-12-21(13-11-20)19-9-7-16-6-8-17(19)14-16;2*1-22-18-5-4-15(19)12-17(18)21-8-6-20(7-9-21)16-11-13-2-3-14(16)10-13/h4-5,13-15,17H,2-3,6-12H2,1H3;2-5,16-17,19H,6-14H2,1H3;2*4-5,12-14,16H,2-3,6-11H2,1H3/t;;2*13-,14+,16?/m..10/s1. The molecule has 8 saturated carbocycles. The van der Waals surface area contributed by atoms with Gasteiger partial charge in [0.25, 0.3) is 0 Å². The third-order valence-electron chi connectivity index (χ3n) is 24.3. The minimum Gasteiger partial charge on any atom is -0.495 e. The Hall–Kier alpha value is -3.81. The Morgan fingerprint density at radius 2 is 0.659 bits per heavy atom. The van der Waals surface area contributed by atoms with Gasteiger partial charge in [-0.05, 0) is 204 Å².